The summed E-state index contributed by atoms with van der Waals surface area (Å²) in [7, 11) is 0. The molecule has 0 radical (unpaired) electrons. The zero-order valence-corrected chi connectivity index (χ0v) is 10.9. The van der Waals surface area contributed by atoms with Crippen molar-refractivity contribution in [3.05, 3.63) is 59.9 Å². The van der Waals surface area contributed by atoms with E-state index in [0.29, 0.717) is 28.9 Å². The fraction of sp³-hybridized carbons (Fsp3) is 0.0667. The molecule has 0 N–H and O–H groups in total. The van der Waals surface area contributed by atoms with Gasteiger partial charge in [0, 0.05) is 18.6 Å². The second-order valence-corrected chi connectivity index (χ2v) is 4.31. The summed E-state index contributed by atoms with van der Waals surface area (Å²) in [6.45, 7) is 0.160. The molecule has 3 heterocycles. The monoisotopic (exact) mass is 278 g/mol. The Balaban J connectivity index is 1.95. The van der Waals surface area contributed by atoms with Gasteiger partial charge in [-0.1, -0.05) is 0 Å². The molecule has 102 valence electrons. The second-order valence-electron chi connectivity index (χ2n) is 4.31. The predicted octanol–water partition coefficient (Wildman–Crippen LogP) is 1.99. The van der Waals surface area contributed by atoms with E-state index in [0.717, 1.165) is 5.52 Å². The van der Waals surface area contributed by atoms with Crippen LogP contribution in [0.4, 0.5) is 0 Å². The van der Waals surface area contributed by atoms with Gasteiger partial charge in [-0.3, -0.25) is 14.8 Å². The molecule has 0 atom stereocenters. The normalized spacial score (nSPS) is 10.2. The Kier molecular flexibility index (Phi) is 3.31. The van der Waals surface area contributed by atoms with Crippen LogP contribution < -0.4 is 4.74 Å². The Labute approximate surface area is 120 Å². The minimum Gasteiger partial charge on any atom is -0.485 e. The van der Waals surface area contributed by atoms with Gasteiger partial charge in [0.25, 0.3) is 0 Å². The van der Waals surface area contributed by atoms with Crippen LogP contribution in [0, 0.1) is 11.3 Å². The number of fused-ring (bicyclic) bond motifs is 1. The molecule has 0 amide bonds. The zero-order chi connectivity index (χ0) is 14.7. The molecule has 0 fully saturated rings. The number of aromatic nitrogens is 3. The lowest BCUT2D eigenvalue weighted by atomic mass is 10.2. The first-order valence-electron chi connectivity index (χ1n) is 6.19. The first-order valence-corrected chi connectivity index (χ1v) is 6.19. The smallest absolute Gasteiger partial charge is 0.153 e. The Morgan fingerprint density at radius 3 is 3.00 bits per heavy atom. The molecule has 0 bridgehead atoms. The molecule has 0 aromatic carbocycles. The van der Waals surface area contributed by atoms with Crippen LogP contribution in [-0.2, 0) is 6.61 Å². The molecule has 3 aromatic rings. The largest absolute Gasteiger partial charge is 0.485 e. The number of hydrogen-bond acceptors (Lipinski definition) is 5. The Hall–Kier alpha value is -3.20. The molecule has 0 aliphatic heterocycles. The highest BCUT2D eigenvalue weighted by Gasteiger charge is 2.11. The van der Waals surface area contributed by atoms with Crippen molar-refractivity contribution in [3.8, 4) is 11.8 Å². The van der Waals surface area contributed by atoms with E-state index in [9.17, 15) is 10.1 Å². The van der Waals surface area contributed by atoms with Crippen LogP contribution in [0.5, 0.6) is 5.75 Å². The van der Waals surface area contributed by atoms with Crippen molar-refractivity contribution in [2.24, 2.45) is 0 Å². The number of aldehydes is 1. The summed E-state index contributed by atoms with van der Waals surface area (Å²) in [5, 5.41) is 9.21. The van der Waals surface area contributed by atoms with Gasteiger partial charge in [0.05, 0.1) is 34.7 Å². The lowest BCUT2D eigenvalue weighted by molar-refractivity contribution is 0.111. The predicted molar refractivity (Wildman–Crippen MR) is 73.9 cm³/mol. The van der Waals surface area contributed by atoms with Gasteiger partial charge < -0.3 is 9.14 Å². The summed E-state index contributed by atoms with van der Waals surface area (Å²) in [5.74, 6) is 0.389. The average Bonchev–Trinajstić information content (AvgIpc) is 2.91. The summed E-state index contributed by atoms with van der Waals surface area (Å²) in [5.41, 5.74) is 2.45. The molecule has 6 nitrogen and oxygen atoms in total. The number of pyridine rings is 1. The Morgan fingerprint density at radius 2 is 2.19 bits per heavy atom. The molecule has 21 heavy (non-hydrogen) atoms. The van der Waals surface area contributed by atoms with Gasteiger partial charge in [-0.05, 0) is 12.1 Å². The van der Waals surface area contributed by atoms with Crippen LogP contribution in [0.1, 0.15) is 21.6 Å². The molecule has 0 aliphatic carbocycles. The number of carbonyl (C=O) groups excluding carboxylic acids is 1. The molecule has 3 rings (SSSR count). The number of nitrogens with zero attached hydrogens (tertiary/aromatic N) is 4. The van der Waals surface area contributed by atoms with Crippen molar-refractivity contribution in [2.45, 2.75) is 6.61 Å². The van der Waals surface area contributed by atoms with Crippen molar-refractivity contribution < 1.29 is 9.53 Å². The SMILES string of the molecule is N#Cc1cc2cnccn2c1COc1cnccc1C=O. The molecular weight excluding hydrogens is 268 g/mol. The van der Waals surface area contributed by atoms with Crippen LogP contribution in [-0.4, -0.2) is 20.7 Å². The van der Waals surface area contributed by atoms with Gasteiger partial charge in [0.15, 0.2) is 6.29 Å². The van der Waals surface area contributed by atoms with Gasteiger partial charge in [0.1, 0.15) is 18.4 Å². The standard InChI is InChI=1S/C15H10N4O2/c16-6-12-5-13-7-18-3-4-19(13)14(12)10-21-15-8-17-2-1-11(15)9-20/h1-5,7-9H,10H2. The molecular formula is C15H10N4O2. The first kappa shape index (κ1) is 12.8. The number of rotatable bonds is 4. The maximum Gasteiger partial charge on any atom is 0.153 e. The van der Waals surface area contributed by atoms with E-state index in [1.54, 1.807) is 30.7 Å². The number of carbonyl (C=O) groups is 1. The highest BCUT2D eigenvalue weighted by molar-refractivity contribution is 5.78. The summed E-state index contributed by atoms with van der Waals surface area (Å²) >= 11 is 0. The van der Waals surface area contributed by atoms with Crippen LogP contribution >= 0.6 is 0 Å². The topological polar surface area (TPSA) is 80.3 Å². The molecule has 0 spiro atoms. The quantitative estimate of drug-likeness (QED) is 0.682. The fourth-order valence-electron chi connectivity index (χ4n) is 2.09. The summed E-state index contributed by atoms with van der Waals surface area (Å²) in [6.07, 6.45) is 8.79. The molecule has 0 unspecified atom stereocenters. The van der Waals surface area contributed by atoms with Crippen molar-refractivity contribution in [3.63, 3.8) is 0 Å². The van der Waals surface area contributed by atoms with E-state index < -0.39 is 0 Å². The van der Waals surface area contributed by atoms with E-state index in [1.807, 2.05) is 4.40 Å². The molecule has 0 saturated carbocycles. The van der Waals surface area contributed by atoms with Crippen molar-refractivity contribution in [1.82, 2.24) is 14.4 Å². The first-order chi connectivity index (χ1) is 10.3. The third-order valence-corrected chi connectivity index (χ3v) is 3.11. The number of nitriles is 1. The fourth-order valence-corrected chi connectivity index (χ4v) is 2.09. The zero-order valence-electron chi connectivity index (χ0n) is 10.9. The number of hydrogen-bond donors (Lipinski definition) is 0. The van der Waals surface area contributed by atoms with E-state index in [2.05, 4.69) is 16.0 Å². The van der Waals surface area contributed by atoms with E-state index in [1.165, 1.54) is 12.4 Å². The van der Waals surface area contributed by atoms with Gasteiger partial charge in [-0.15, -0.1) is 0 Å². The van der Waals surface area contributed by atoms with E-state index in [-0.39, 0.29) is 6.61 Å². The third kappa shape index (κ3) is 2.32. The van der Waals surface area contributed by atoms with Crippen LogP contribution in [0.3, 0.4) is 0 Å². The molecule has 3 aromatic heterocycles. The van der Waals surface area contributed by atoms with Crippen LogP contribution in [0.2, 0.25) is 0 Å². The van der Waals surface area contributed by atoms with Gasteiger partial charge in [-0.2, -0.15) is 5.26 Å². The molecule has 0 saturated heterocycles. The van der Waals surface area contributed by atoms with Gasteiger partial charge in [0.2, 0.25) is 0 Å². The number of ether oxygens (including phenoxy) is 1. The summed E-state index contributed by atoms with van der Waals surface area (Å²) in [4.78, 5) is 18.9. The molecule has 0 aliphatic rings. The van der Waals surface area contributed by atoms with Crippen molar-refractivity contribution in [2.75, 3.05) is 0 Å². The Bertz CT molecular complexity index is 848. The maximum absolute atomic E-state index is 11.0. The Morgan fingerprint density at radius 1 is 1.33 bits per heavy atom. The highest BCUT2D eigenvalue weighted by atomic mass is 16.5. The van der Waals surface area contributed by atoms with E-state index in [4.69, 9.17) is 4.74 Å². The summed E-state index contributed by atoms with van der Waals surface area (Å²) < 4.78 is 7.47. The van der Waals surface area contributed by atoms with Crippen molar-refractivity contribution in [1.29, 1.82) is 5.26 Å². The maximum atomic E-state index is 11.0. The third-order valence-electron chi connectivity index (χ3n) is 3.11. The lowest BCUT2D eigenvalue weighted by Crippen LogP contribution is -2.03. The van der Waals surface area contributed by atoms with Gasteiger partial charge in [-0.25, -0.2) is 0 Å². The minimum atomic E-state index is 0.160. The van der Waals surface area contributed by atoms with Gasteiger partial charge >= 0.3 is 0 Å². The van der Waals surface area contributed by atoms with Crippen LogP contribution in [0.15, 0.2) is 43.1 Å². The van der Waals surface area contributed by atoms with E-state index >= 15 is 0 Å². The lowest BCUT2D eigenvalue weighted by Gasteiger charge is -2.08. The average molecular weight is 278 g/mol. The molecule has 6 heteroatoms. The summed E-state index contributed by atoms with van der Waals surface area (Å²) in [6, 6.07) is 5.46. The minimum absolute atomic E-state index is 0.160. The highest BCUT2D eigenvalue weighted by Crippen LogP contribution is 2.20. The van der Waals surface area contributed by atoms with Crippen LogP contribution in [0.25, 0.3) is 5.52 Å². The van der Waals surface area contributed by atoms with Crippen molar-refractivity contribution >= 4 is 11.8 Å². The second kappa shape index (κ2) is 5.43.